The Morgan fingerprint density at radius 3 is 2.45 bits per heavy atom. The van der Waals surface area contributed by atoms with Gasteiger partial charge >= 0.3 is 5.97 Å². The van der Waals surface area contributed by atoms with E-state index in [2.05, 4.69) is 13.0 Å². The van der Waals surface area contributed by atoms with E-state index in [1.807, 2.05) is 30.3 Å². The number of benzene rings is 2. The van der Waals surface area contributed by atoms with Crippen molar-refractivity contribution in [3.63, 3.8) is 0 Å². The molecule has 0 spiro atoms. The number of hydrogen-bond donors (Lipinski definition) is 1. The minimum absolute atomic E-state index is 0.182. The highest BCUT2D eigenvalue weighted by molar-refractivity contribution is 5.98. The number of nitrogens with zero attached hydrogens (tertiary/aromatic N) is 1. The Hall–Kier alpha value is -2.60. The predicted octanol–water partition coefficient (Wildman–Crippen LogP) is 4.66. The number of aromatic carboxylic acids is 1. The Bertz CT molecular complexity index is 699. The second-order valence-electron chi connectivity index (χ2n) is 5.26. The molecule has 2 aromatic carbocycles. The van der Waals surface area contributed by atoms with Crippen LogP contribution >= 0.6 is 0 Å². The lowest BCUT2D eigenvalue weighted by atomic mass is 9.89. The first-order valence-corrected chi connectivity index (χ1v) is 7.53. The first-order valence-electron chi connectivity index (χ1n) is 7.53. The molecule has 2 aromatic rings. The summed E-state index contributed by atoms with van der Waals surface area (Å²) in [4.78, 5) is 11.5. The number of nitriles is 1. The van der Waals surface area contributed by atoms with Crippen LogP contribution in [0.15, 0.2) is 42.5 Å². The maximum Gasteiger partial charge on any atom is 0.336 e. The van der Waals surface area contributed by atoms with Gasteiger partial charge in [-0.05, 0) is 30.0 Å². The van der Waals surface area contributed by atoms with Crippen molar-refractivity contribution in [2.45, 2.75) is 32.6 Å². The highest BCUT2D eigenvalue weighted by Gasteiger charge is 2.18. The summed E-state index contributed by atoms with van der Waals surface area (Å²) in [5.74, 6) is -1.00. The van der Waals surface area contributed by atoms with Gasteiger partial charge in [-0.15, -0.1) is 0 Å². The number of carboxylic acids is 1. The number of hydrogen-bond acceptors (Lipinski definition) is 2. The highest BCUT2D eigenvalue weighted by Crippen LogP contribution is 2.30. The largest absolute Gasteiger partial charge is 0.478 e. The van der Waals surface area contributed by atoms with Crippen molar-refractivity contribution in [1.82, 2.24) is 0 Å². The summed E-state index contributed by atoms with van der Waals surface area (Å²) in [6, 6.07) is 14.9. The maximum absolute atomic E-state index is 11.5. The van der Waals surface area contributed by atoms with Crippen molar-refractivity contribution in [2.24, 2.45) is 0 Å². The molecule has 2 rings (SSSR count). The minimum Gasteiger partial charge on any atom is -0.478 e. The van der Waals surface area contributed by atoms with Crippen LogP contribution < -0.4 is 0 Å². The van der Waals surface area contributed by atoms with Gasteiger partial charge in [0.2, 0.25) is 0 Å². The molecule has 0 radical (unpaired) electrons. The summed E-state index contributed by atoms with van der Waals surface area (Å²) in [6.45, 7) is 2.13. The summed E-state index contributed by atoms with van der Waals surface area (Å²) < 4.78 is 0. The van der Waals surface area contributed by atoms with E-state index in [4.69, 9.17) is 0 Å². The van der Waals surface area contributed by atoms with Gasteiger partial charge in [-0.1, -0.05) is 56.2 Å². The van der Waals surface area contributed by atoms with Crippen LogP contribution in [0.1, 0.15) is 47.7 Å². The fourth-order valence-corrected chi connectivity index (χ4v) is 2.63. The monoisotopic (exact) mass is 293 g/mol. The molecule has 0 saturated heterocycles. The summed E-state index contributed by atoms with van der Waals surface area (Å²) >= 11 is 0. The van der Waals surface area contributed by atoms with Crippen LogP contribution in [-0.4, -0.2) is 11.1 Å². The van der Waals surface area contributed by atoms with Crippen LogP contribution in [0.25, 0.3) is 11.1 Å². The van der Waals surface area contributed by atoms with E-state index in [1.54, 1.807) is 12.1 Å². The lowest BCUT2D eigenvalue weighted by molar-refractivity contribution is 0.0697. The molecule has 1 N–H and O–H groups in total. The third-order valence-electron chi connectivity index (χ3n) is 3.75. The maximum atomic E-state index is 11.5. The van der Waals surface area contributed by atoms with E-state index in [0.717, 1.165) is 36.8 Å². The Kier molecular flexibility index (Phi) is 5.32. The minimum atomic E-state index is -1.00. The Balaban J connectivity index is 2.58. The lowest BCUT2D eigenvalue weighted by Crippen LogP contribution is -2.04. The van der Waals surface area contributed by atoms with E-state index in [0.29, 0.717) is 11.1 Å². The second kappa shape index (κ2) is 7.42. The molecule has 0 aliphatic heterocycles. The SMILES string of the molecule is CCCCCc1ccc(C(=O)O)c(-c2ccccc2)c1C#N. The normalized spacial score (nSPS) is 10.2. The van der Waals surface area contributed by atoms with Crippen molar-refractivity contribution in [3.05, 3.63) is 59.2 Å². The molecule has 3 nitrogen and oxygen atoms in total. The molecule has 112 valence electrons. The molecule has 22 heavy (non-hydrogen) atoms. The molecule has 0 aliphatic carbocycles. The average molecular weight is 293 g/mol. The molecule has 0 heterocycles. The standard InChI is InChI=1S/C19H19NO2/c1-2-3-5-8-14-11-12-16(19(21)22)18(17(14)13-20)15-9-6-4-7-10-15/h4,6-7,9-12H,2-3,5,8H2,1H3,(H,21,22). The quantitative estimate of drug-likeness (QED) is 0.788. The summed E-state index contributed by atoms with van der Waals surface area (Å²) in [7, 11) is 0. The van der Waals surface area contributed by atoms with Gasteiger partial charge in [0.25, 0.3) is 0 Å². The Labute approximate surface area is 130 Å². The van der Waals surface area contributed by atoms with Crippen LogP contribution in [0.3, 0.4) is 0 Å². The molecule has 0 aromatic heterocycles. The third kappa shape index (κ3) is 3.35. The molecule has 0 atom stereocenters. The fourth-order valence-electron chi connectivity index (χ4n) is 2.63. The molecule has 0 amide bonds. The predicted molar refractivity (Wildman–Crippen MR) is 86.8 cm³/mol. The topological polar surface area (TPSA) is 61.1 Å². The van der Waals surface area contributed by atoms with E-state index in [9.17, 15) is 15.2 Å². The summed E-state index contributed by atoms with van der Waals surface area (Å²) in [5, 5.41) is 19.0. The van der Waals surface area contributed by atoms with Crippen LogP contribution in [0.4, 0.5) is 0 Å². The highest BCUT2D eigenvalue weighted by atomic mass is 16.4. The van der Waals surface area contributed by atoms with E-state index < -0.39 is 5.97 Å². The van der Waals surface area contributed by atoms with Gasteiger partial charge in [-0.25, -0.2) is 4.79 Å². The van der Waals surface area contributed by atoms with Crippen LogP contribution in [0, 0.1) is 11.3 Å². The Morgan fingerprint density at radius 1 is 1.14 bits per heavy atom. The van der Waals surface area contributed by atoms with Gasteiger partial charge in [-0.2, -0.15) is 5.26 Å². The summed E-state index contributed by atoms with van der Waals surface area (Å²) in [6.07, 6.45) is 4.02. The zero-order chi connectivity index (χ0) is 15.9. The molecule has 3 heteroatoms. The van der Waals surface area contributed by atoms with Gasteiger partial charge in [0, 0.05) is 5.56 Å². The van der Waals surface area contributed by atoms with Crippen molar-refractivity contribution in [2.75, 3.05) is 0 Å². The second-order valence-corrected chi connectivity index (χ2v) is 5.26. The molecule has 0 fully saturated rings. The lowest BCUT2D eigenvalue weighted by Gasteiger charge is -2.13. The Morgan fingerprint density at radius 2 is 1.86 bits per heavy atom. The molecule has 0 aliphatic rings. The zero-order valence-corrected chi connectivity index (χ0v) is 12.7. The smallest absolute Gasteiger partial charge is 0.336 e. The van der Waals surface area contributed by atoms with Crippen LogP contribution in [-0.2, 0) is 6.42 Å². The van der Waals surface area contributed by atoms with Gasteiger partial charge < -0.3 is 5.11 Å². The fraction of sp³-hybridized carbons (Fsp3) is 0.263. The average Bonchev–Trinajstić information content (AvgIpc) is 2.55. The van der Waals surface area contributed by atoms with Crippen molar-refractivity contribution in [1.29, 1.82) is 5.26 Å². The number of aryl methyl sites for hydroxylation is 1. The number of carbonyl (C=O) groups is 1. The van der Waals surface area contributed by atoms with Crippen molar-refractivity contribution in [3.8, 4) is 17.2 Å². The van der Waals surface area contributed by atoms with Gasteiger partial charge in [-0.3, -0.25) is 0 Å². The van der Waals surface area contributed by atoms with E-state index >= 15 is 0 Å². The van der Waals surface area contributed by atoms with Crippen molar-refractivity contribution >= 4 is 5.97 Å². The van der Waals surface area contributed by atoms with Gasteiger partial charge in [0.1, 0.15) is 6.07 Å². The first-order chi connectivity index (χ1) is 10.7. The van der Waals surface area contributed by atoms with Crippen LogP contribution in [0.5, 0.6) is 0 Å². The molecule has 0 saturated carbocycles. The van der Waals surface area contributed by atoms with Crippen molar-refractivity contribution < 1.29 is 9.90 Å². The number of rotatable bonds is 6. The molecule has 0 unspecified atom stereocenters. The third-order valence-corrected chi connectivity index (χ3v) is 3.75. The molecular formula is C19H19NO2. The summed E-state index contributed by atoms with van der Waals surface area (Å²) in [5.41, 5.74) is 2.90. The van der Waals surface area contributed by atoms with Gasteiger partial charge in [0.15, 0.2) is 0 Å². The van der Waals surface area contributed by atoms with E-state index in [-0.39, 0.29) is 5.56 Å². The zero-order valence-electron chi connectivity index (χ0n) is 12.7. The van der Waals surface area contributed by atoms with E-state index in [1.165, 1.54) is 0 Å². The van der Waals surface area contributed by atoms with Gasteiger partial charge in [0.05, 0.1) is 11.1 Å². The molecular weight excluding hydrogens is 274 g/mol. The first kappa shape index (κ1) is 15.8. The number of unbranched alkanes of at least 4 members (excludes halogenated alkanes) is 2. The van der Waals surface area contributed by atoms with Crippen LogP contribution in [0.2, 0.25) is 0 Å². The number of carboxylic acid groups (broad SMARTS) is 1. The molecule has 0 bridgehead atoms.